The highest BCUT2D eigenvalue weighted by molar-refractivity contribution is 7.26. The average molecular weight is 787 g/mol. The van der Waals surface area contributed by atoms with E-state index in [0.717, 1.165) is 40.9 Å². The lowest BCUT2D eigenvalue weighted by molar-refractivity contribution is -0.175. The van der Waals surface area contributed by atoms with E-state index < -0.39 is 0 Å². The van der Waals surface area contributed by atoms with Crippen LogP contribution < -0.4 is 10.9 Å². The number of hydrogen-bond donors (Lipinski definition) is 0. The molecule has 0 radical (unpaired) electrons. The molecule has 8 fully saturated rings. The monoisotopic (exact) mass is 786 g/mol. The second kappa shape index (κ2) is 8.91. The van der Waals surface area contributed by atoms with Crippen LogP contribution in [0.2, 0.25) is 0 Å². The Kier molecular flexibility index (Phi) is 4.50. The van der Waals surface area contributed by atoms with Gasteiger partial charge in [0.2, 0.25) is 0 Å². The molecule has 60 heavy (non-hydrogen) atoms. The van der Waals surface area contributed by atoms with Crippen molar-refractivity contribution in [2.75, 3.05) is 0 Å². The minimum atomic E-state index is 0.111. The van der Waals surface area contributed by atoms with Crippen molar-refractivity contribution in [1.29, 1.82) is 0 Å². The predicted molar refractivity (Wildman–Crippen MR) is 248 cm³/mol. The predicted octanol–water partition coefficient (Wildman–Crippen LogP) is 12.4. The van der Waals surface area contributed by atoms with Crippen LogP contribution >= 0.6 is 11.3 Å². The summed E-state index contributed by atoms with van der Waals surface area (Å²) in [6.07, 6.45) is 14.8. The average Bonchev–Trinajstić information content (AvgIpc) is 4.11. The van der Waals surface area contributed by atoms with Gasteiger partial charge in [-0.25, -0.2) is 0 Å². The Balaban J connectivity index is 0.969. The maximum atomic E-state index is 2.89. The molecule has 4 atom stereocenters. The molecule has 2 aliphatic heterocycles. The minimum Gasteiger partial charge on any atom is -0.375 e. The van der Waals surface area contributed by atoms with E-state index in [1.165, 1.54) is 145 Å². The van der Waals surface area contributed by atoms with Gasteiger partial charge in [0.15, 0.2) is 0 Å². The van der Waals surface area contributed by atoms with Crippen LogP contribution in [-0.2, 0) is 10.8 Å². The highest BCUT2D eigenvalue weighted by Gasteiger charge is 2.78. The molecule has 2 spiro atoms. The molecule has 4 bridgehead atoms. The Morgan fingerprint density at radius 3 is 1.97 bits per heavy atom. The number of benzene rings is 6. The van der Waals surface area contributed by atoms with Crippen molar-refractivity contribution in [1.82, 2.24) is 9.05 Å². The number of fused-ring (bicyclic) bond motifs is 16. The topological polar surface area (TPSA) is 9.86 Å². The molecule has 4 heteroatoms. The van der Waals surface area contributed by atoms with E-state index in [9.17, 15) is 0 Å². The molecular weight excluding hydrogens is 744 g/mol. The Labute approximate surface area is 352 Å². The highest BCUT2D eigenvalue weighted by Crippen LogP contribution is 2.85. The van der Waals surface area contributed by atoms with Crippen LogP contribution in [0, 0.1) is 46.3 Å². The molecule has 3 aromatic heterocycles. The lowest BCUT2D eigenvalue weighted by Gasteiger charge is -2.66. The third-order valence-corrected chi connectivity index (χ3v) is 22.7. The van der Waals surface area contributed by atoms with Crippen LogP contribution in [0.15, 0.2) is 103 Å². The van der Waals surface area contributed by atoms with Gasteiger partial charge in [0, 0.05) is 48.2 Å². The van der Waals surface area contributed by atoms with Gasteiger partial charge < -0.3 is 9.05 Å². The van der Waals surface area contributed by atoms with Gasteiger partial charge in [0.1, 0.15) is 0 Å². The molecule has 9 aromatic rings. The third kappa shape index (κ3) is 2.78. The molecule has 8 saturated carbocycles. The third-order valence-electron chi connectivity index (χ3n) is 21.5. The van der Waals surface area contributed by atoms with Gasteiger partial charge in [-0.2, -0.15) is 0 Å². The second-order valence-corrected chi connectivity index (χ2v) is 23.8. The van der Waals surface area contributed by atoms with E-state index >= 15 is 0 Å². The summed E-state index contributed by atoms with van der Waals surface area (Å²) in [5.74, 6) is 6.02. The zero-order valence-corrected chi connectivity index (χ0v) is 34.5. The van der Waals surface area contributed by atoms with Crippen molar-refractivity contribution in [2.24, 2.45) is 46.3 Å². The van der Waals surface area contributed by atoms with E-state index in [2.05, 4.69) is 112 Å². The number of nitrogens with zero attached hydrogens (tertiary/aromatic N) is 2. The first-order chi connectivity index (χ1) is 29.6. The quantitative estimate of drug-likeness (QED) is 0.155. The van der Waals surface area contributed by atoms with Crippen molar-refractivity contribution in [2.45, 2.75) is 75.0 Å². The molecule has 10 aliphatic rings. The largest absolute Gasteiger partial charge is 0.375 e. The first-order valence-electron chi connectivity index (χ1n) is 23.7. The molecule has 0 N–H and O–H groups in total. The van der Waals surface area contributed by atoms with E-state index in [4.69, 9.17) is 0 Å². The summed E-state index contributed by atoms with van der Waals surface area (Å²) in [6, 6.07) is 42.2. The molecule has 5 heterocycles. The Hall–Kier alpha value is -4.80. The van der Waals surface area contributed by atoms with E-state index in [1.807, 2.05) is 11.3 Å². The molecule has 0 amide bonds. The Morgan fingerprint density at radius 2 is 1.22 bits per heavy atom. The number of para-hydroxylation sites is 1. The highest BCUT2D eigenvalue weighted by atomic mass is 32.1. The summed E-state index contributed by atoms with van der Waals surface area (Å²) in [6.45, 7) is 0.111. The maximum Gasteiger partial charge on any atom is 0.333 e. The lowest BCUT2D eigenvalue weighted by Crippen LogP contribution is -2.59. The fourth-order valence-electron chi connectivity index (χ4n) is 19.6. The van der Waals surface area contributed by atoms with Crippen molar-refractivity contribution in [3.63, 3.8) is 0 Å². The summed E-state index contributed by atoms with van der Waals surface area (Å²) < 4.78 is 8.46. The molecular formula is C56H43BN2S. The van der Waals surface area contributed by atoms with Crippen LogP contribution in [0.1, 0.15) is 75.3 Å². The summed E-state index contributed by atoms with van der Waals surface area (Å²) in [5.41, 5.74) is 18.7. The van der Waals surface area contributed by atoms with Crippen molar-refractivity contribution in [3.8, 4) is 16.8 Å². The van der Waals surface area contributed by atoms with E-state index in [0.29, 0.717) is 16.2 Å². The number of hydrogen-bond acceptors (Lipinski definition) is 1. The maximum absolute atomic E-state index is 2.89. The molecule has 0 saturated heterocycles. The zero-order chi connectivity index (χ0) is 38.0. The van der Waals surface area contributed by atoms with Crippen LogP contribution in [0.3, 0.4) is 0 Å². The van der Waals surface area contributed by atoms with Gasteiger partial charge in [-0.1, -0.05) is 66.7 Å². The molecule has 286 valence electrons. The summed E-state index contributed by atoms with van der Waals surface area (Å²) in [5, 5.41) is 8.63. The summed E-state index contributed by atoms with van der Waals surface area (Å²) >= 11 is 1.99. The van der Waals surface area contributed by atoms with E-state index in [-0.39, 0.29) is 6.85 Å². The SMILES string of the molecule is c1ccc2c3c4c(cc2c1)-c1cc(C25CC6CC7CC(C2)C76C5)cc2c5cc(C67CC8CC9CC(C6)C98C7)ccc5n(c12)B4c1cccc2c4sc5ccccc5c4n-3c12. The molecule has 19 rings (SSSR count). The number of thiophene rings is 1. The molecule has 8 aliphatic carbocycles. The smallest absolute Gasteiger partial charge is 0.333 e. The van der Waals surface area contributed by atoms with Crippen molar-refractivity contribution >= 4 is 92.9 Å². The number of rotatable bonds is 2. The second-order valence-electron chi connectivity index (χ2n) is 22.8. The number of aromatic nitrogens is 2. The molecule has 2 nitrogen and oxygen atoms in total. The standard InChI is InChI=1S/C56H43BN2S/c1-2-7-37-28(6-1)14-41-43-21-30(54-24-35-17-32-18-36(25-54)56(32,35)27-54)20-42-40-19-29(53-22-33-15-31-16-34(23-53)55(31,33)26-53)12-13-45(40)59(48(42)43)57-44-10-5-9-39-49(44)58(50(37)47(41)57)51-38-8-3-4-11-46(38)60-52(39)51/h1-14,19-21,31-36H,15-18,22-27H2. The van der Waals surface area contributed by atoms with Gasteiger partial charge in [-0.15, -0.1) is 11.3 Å². The van der Waals surface area contributed by atoms with Gasteiger partial charge >= 0.3 is 6.85 Å². The van der Waals surface area contributed by atoms with Crippen LogP contribution in [0.4, 0.5) is 0 Å². The normalized spacial score (nSPS) is 36.9. The van der Waals surface area contributed by atoms with Crippen molar-refractivity contribution < 1.29 is 0 Å². The van der Waals surface area contributed by atoms with E-state index in [1.54, 1.807) is 21.9 Å². The minimum absolute atomic E-state index is 0.111. The Morgan fingerprint density at radius 1 is 0.533 bits per heavy atom. The van der Waals surface area contributed by atoms with Gasteiger partial charge in [-0.3, -0.25) is 0 Å². The summed E-state index contributed by atoms with van der Waals surface area (Å²) in [4.78, 5) is 0. The summed E-state index contributed by atoms with van der Waals surface area (Å²) in [7, 11) is 0. The fourth-order valence-corrected chi connectivity index (χ4v) is 20.8. The van der Waals surface area contributed by atoms with Gasteiger partial charge in [0.05, 0.1) is 21.4 Å². The lowest BCUT2D eigenvalue weighted by atomic mass is 9.38. The van der Waals surface area contributed by atoms with Crippen LogP contribution in [0.25, 0.3) is 80.6 Å². The van der Waals surface area contributed by atoms with Crippen molar-refractivity contribution in [3.05, 3.63) is 114 Å². The molecule has 4 unspecified atom stereocenters. The van der Waals surface area contributed by atoms with Crippen LogP contribution in [0.5, 0.6) is 0 Å². The zero-order valence-electron chi connectivity index (χ0n) is 33.7. The first-order valence-corrected chi connectivity index (χ1v) is 24.5. The van der Waals surface area contributed by atoms with Crippen LogP contribution in [-0.4, -0.2) is 15.9 Å². The van der Waals surface area contributed by atoms with Gasteiger partial charge in [0.25, 0.3) is 0 Å². The first kappa shape index (κ1) is 30.3. The molecule has 6 aromatic carbocycles. The Bertz CT molecular complexity index is 3640. The van der Waals surface area contributed by atoms with Gasteiger partial charge in [-0.05, 0) is 191 Å². The fraction of sp³-hybridized carbons (Fsp3) is 0.357.